The number of fused-ring (bicyclic) bond motifs is 1. The largest absolute Gasteiger partial charge is 0.303 e. The highest BCUT2D eigenvalue weighted by molar-refractivity contribution is 5.86. The van der Waals surface area contributed by atoms with Crippen LogP contribution in [-0.4, -0.2) is 19.0 Å². The summed E-state index contributed by atoms with van der Waals surface area (Å²) in [6.07, 6.45) is 0. The van der Waals surface area contributed by atoms with E-state index in [-0.39, 0.29) is 0 Å². The summed E-state index contributed by atoms with van der Waals surface area (Å²) in [7, 11) is 4.24. The lowest BCUT2D eigenvalue weighted by atomic mass is 9.99. The number of nitrogens with zero attached hydrogens (tertiary/aromatic N) is 1. The highest BCUT2D eigenvalue weighted by atomic mass is 15.1. The Morgan fingerprint density at radius 3 is 2.33 bits per heavy atom. The van der Waals surface area contributed by atoms with Crippen LogP contribution in [0.1, 0.15) is 18.5 Å². The van der Waals surface area contributed by atoms with E-state index in [1.165, 1.54) is 16.3 Å². The highest BCUT2D eigenvalue weighted by Gasteiger charge is 2.10. The zero-order valence-corrected chi connectivity index (χ0v) is 9.57. The van der Waals surface area contributed by atoms with Crippen molar-refractivity contribution in [2.24, 2.45) is 0 Å². The van der Waals surface area contributed by atoms with Crippen molar-refractivity contribution < 1.29 is 0 Å². The summed E-state index contributed by atoms with van der Waals surface area (Å²) in [6.45, 7) is 2.24. The lowest BCUT2D eigenvalue weighted by Gasteiger charge is -2.21. The molecule has 0 fully saturated rings. The minimum absolute atomic E-state index is 0.455. The summed E-state index contributed by atoms with van der Waals surface area (Å²) >= 11 is 0. The first-order valence-corrected chi connectivity index (χ1v) is 5.34. The molecule has 0 saturated carbocycles. The van der Waals surface area contributed by atoms with Crippen molar-refractivity contribution in [1.29, 1.82) is 0 Å². The monoisotopic (exact) mass is 199 g/mol. The summed E-state index contributed by atoms with van der Waals surface area (Å²) in [5.74, 6) is 0. The molecule has 0 saturated heterocycles. The minimum Gasteiger partial charge on any atom is -0.303 e. The molecule has 0 aliphatic heterocycles. The van der Waals surface area contributed by atoms with E-state index in [1.807, 2.05) is 0 Å². The topological polar surface area (TPSA) is 3.24 Å². The number of hydrogen-bond acceptors (Lipinski definition) is 1. The Kier molecular flexibility index (Phi) is 2.74. The van der Waals surface area contributed by atoms with Crippen LogP contribution in [0.5, 0.6) is 0 Å². The molecule has 0 aliphatic rings. The number of hydrogen-bond donors (Lipinski definition) is 0. The molecule has 0 N–H and O–H groups in total. The van der Waals surface area contributed by atoms with Crippen LogP contribution in [-0.2, 0) is 0 Å². The molecule has 2 aromatic rings. The molecule has 0 bridgehead atoms. The number of rotatable bonds is 2. The molecule has 0 aromatic heterocycles. The van der Waals surface area contributed by atoms with Gasteiger partial charge in [-0.2, -0.15) is 0 Å². The van der Waals surface area contributed by atoms with Crippen molar-refractivity contribution in [1.82, 2.24) is 4.90 Å². The molecule has 2 aromatic carbocycles. The van der Waals surface area contributed by atoms with Crippen LogP contribution in [0.15, 0.2) is 42.5 Å². The van der Waals surface area contributed by atoms with E-state index >= 15 is 0 Å². The van der Waals surface area contributed by atoms with Crippen LogP contribution >= 0.6 is 0 Å². The van der Waals surface area contributed by atoms with E-state index < -0.39 is 0 Å². The van der Waals surface area contributed by atoms with Gasteiger partial charge >= 0.3 is 0 Å². The predicted molar refractivity (Wildman–Crippen MR) is 66.1 cm³/mol. The first-order chi connectivity index (χ1) is 7.20. The second-order valence-electron chi connectivity index (χ2n) is 4.21. The highest BCUT2D eigenvalue weighted by Crippen LogP contribution is 2.26. The molecule has 1 unspecified atom stereocenters. The van der Waals surface area contributed by atoms with Gasteiger partial charge in [0.2, 0.25) is 0 Å². The maximum Gasteiger partial charge on any atom is 0.0319 e. The Balaban J connectivity index is 2.60. The van der Waals surface area contributed by atoms with Crippen molar-refractivity contribution in [3.05, 3.63) is 48.0 Å². The molecule has 0 heterocycles. The smallest absolute Gasteiger partial charge is 0.0319 e. The Bertz CT molecular complexity index is 454. The molecule has 0 amide bonds. The SMILES string of the molecule is CC(c1cccc2ccccc12)N(C)C. The summed E-state index contributed by atoms with van der Waals surface area (Å²) < 4.78 is 0. The predicted octanol–water partition coefficient (Wildman–Crippen LogP) is 3.46. The van der Waals surface area contributed by atoms with Gasteiger partial charge in [-0.05, 0) is 37.4 Å². The molecule has 0 spiro atoms. The molecule has 15 heavy (non-hydrogen) atoms. The quantitative estimate of drug-likeness (QED) is 0.716. The molecule has 78 valence electrons. The van der Waals surface area contributed by atoms with Gasteiger partial charge in [-0.15, -0.1) is 0 Å². The molecule has 0 radical (unpaired) electrons. The molecule has 1 atom stereocenters. The summed E-state index contributed by atoms with van der Waals surface area (Å²) in [5, 5.41) is 2.69. The molecule has 1 nitrogen and oxygen atoms in total. The zero-order valence-electron chi connectivity index (χ0n) is 9.57. The summed E-state index contributed by atoms with van der Waals surface area (Å²) in [4.78, 5) is 2.24. The average molecular weight is 199 g/mol. The molecule has 2 rings (SSSR count). The third kappa shape index (κ3) is 1.88. The Morgan fingerprint density at radius 1 is 0.933 bits per heavy atom. The van der Waals surface area contributed by atoms with Gasteiger partial charge in [0.25, 0.3) is 0 Å². The van der Waals surface area contributed by atoms with Crippen molar-refractivity contribution in [3.63, 3.8) is 0 Å². The van der Waals surface area contributed by atoms with Gasteiger partial charge in [-0.3, -0.25) is 0 Å². The summed E-state index contributed by atoms with van der Waals surface area (Å²) in [6, 6.07) is 15.5. The molecule has 0 aliphatic carbocycles. The van der Waals surface area contributed by atoms with Crippen LogP contribution < -0.4 is 0 Å². The molecular weight excluding hydrogens is 182 g/mol. The van der Waals surface area contributed by atoms with E-state index in [9.17, 15) is 0 Å². The zero-order chi connectivity index (χ0) is 10.8. The minimum atomic E-state index is 0.455. The van der Waals surface area contributed by atoms with Gasteiger partial charge in [0.15, 0.2) is 0 Å². The Morgan fingerprint density at radius 2 is 1.60 bits per heavy atom. The van der Waals surface area contributed by atoms with Crippen LogP contribution in [0.4, 0.5) is 0 Å². The summed E-state index contributed by atoms with van der Waals surface area (Å²) in [5.41, 5.74) is 1.40. The van der Waals surface area contributed by atoms with Gasteiger partial charge in [0.05, 0.1) is 0 Å². The van der Waals surface area contributed by atoms with Crippen molar-refractivity contribution >= 4 is 10.8 Å². The lowest BCUT2D eigenvalue weighted by molar-refractivity contribution is 0.323. The normalized spacial score (nSPS) is 13.3. The van der Waals surface area contributed by atoms with E-state index in [0.29, 0.717) is 6.04 Å². The maximum absolute atomic E-state index is 2.24. The van der Waals surface area contributed by atoms with Crippen molar-refractivity contribution in [2.75, 3.05) is 14.1 Å². The van der Waals surface area contributed by atoms with E-state index in [0.717, 1.165) is 0 Å². The average Bonchev–Trinajstić information content (AvgIpc) is 2.27. The fraction of sp³-hybridized carbons (Fsp3) is 0.286. The second-order valence-corrected chi connectivity index (χ2v) is 4.21. The van der Waals surface area contributed by atoms with Crippen LogP contribution in [0.3, 0.4) is 0 Å². The van der Waals surface area contributed by atoms with Crippen LogP contribution in [0.2, 0.25) is 0 Å². The van der Waals surface area contributed by atoms with Crippen molar-refractivity contribution in [3.8, 4) is 0 Å². The van der Waals surface area contributed by atoms with Crippen LogP contribution in [0, 0.1) is 0 Å². The third-order valence-electron chi connectivity index (χ3n) is 3.05. The van der Waals surface area contributed by atoms with Gasteiger partial charge in [-0.1, -0.05) is 42.5 Å². The maximum atomic E-state index is 2.24. The van der Waals surface area contributed by atoms with E-state index in [4.69, 9.17) is 0 Å². The Labute approximate surface area is 91.3 Å². The third-order valence-corrected chi connectivity index (χ3v) is 3.05. The lowest BCUT2D eigenvalue weighted by Crippen LogP contribution is -2.16. The molecular formula is C14H17N. The van der Waals surface area contributed by atoms with E-state index in [1.54, 1.807) is 0 Å². The first kappa shape index (κ1) is 10.2. The number of benzene rings is 2. The fourth-order valence-corrected chi connectivity index (χ4v) is 1.89. The fourth-order valence-electron chi connectivity index (χ4n) is 1.89. The van der Waals surface area contributed by atoms with Gasteiger partial charge < -0.3 is 4.90 Å². The van der Waals surface area contributed by atoms with Gasteiger partial charge in [0, 0.05) is 6.04 Å². The second kappa shape index (κ2) is 4.03. The van der Waals surface area contributed by atoms with Crippen LogP contribution in [0.25, 0.3) is 10.8 Å². The standard InChI is InChI=1S/C14H17N/c1-11(15(2)3)13-10-6-8-12-7-4-5-9-14(12)13/h4-11H,1-3H3. The van der Waals surface area contributed by atoms with E-state index in [2.05, 4.69) is 68.4 Å². The molecule has 1 heteroatoms. The van der Waals surface area contributed by atoms with Gasteiger partial charge in [-0.25, -0.2) is 0 Å². The van der Waals surface area contributed by atoms with Crippen molar-refractivity contribution in [2.45, 2.75) is 13.0 Å². The Hall–Kier alpha value is -1.34. The van der Waals surface area contributed by atoms with Gasteiger partial charge in [0.1, 0.15) is 0 Å². The first-order valence-electron chi connectivity index (χ1n) is 5.34.